The van der Waals surface area contributed by atoms with Crippen molar-refractivity contribution >= 4 is 11.6 Å². The van der Waals surface area contributed by atoms with E-state index in [9.17, 15) is 0 Å². The lowest BCUT2D eigenvalue weighted by molar-refractivity contribution is 0.292. The van der Waals surface area contributed by atoms with Crippen LogP contribution in [0.5, 0.6) is 11.5 Å². The van der Waals surface area contributed by atoms with E-state index in [4.69, 9.17) is 37.0 Å². The van der Waals surface area contributed by atoms with Gasteiger partial charge in [0.05, 0.1) is 27.4 Å². The highest BCUT2D eigenvalue weighted by Gasteiger charge is 1.93. The zero-order valence-electron chi connectivity index (χ0n) is 16.0. The monoisotopic (exact) mass is 398 g/mol. The fourth-order valence-corrected chi connectivity index (χ4v) is 1.95. The second-order valence-corrected chi connectivity index (χ2v) is 5.51. The summed E-state index contributed by atoms with van der Waals surface area (Å²) in [5.41, 5.74) is 7.08. The van der Waals surface area contributed by atoms with Gasteiger partial charge in [0.1, 0.15) is 11.5 Å². The number of benzene rings is 2. The molecule has 0 unspecified atom stereocenters. The van der Waals surface area contributed by atoms with Crippen molar-refractivity contribution in [2.75, 3.05) is 40.5 Å². The molecule has 0 aliphatic carbocycles. The van der Waals surface area contributed by atoms with Gasteiger partial charge in [0.15, 0.2) is 0 Å². The molecule has 2 aromatic carbocycles. The van der Waals surface area contributed by atoms with Crippen LogP contribution in [0.15, 0.2) is 48.5 Å². The summed E-state index contributed by atoms with van der Waals surface area (Å²) in [7, 11) is 3.30. The third kappa shape index (κ3) is 13.1. The van der Waals surface area contributed by atoms with Crippen LogP contribution >= 0.6 is 11.6 Å². The molecule has 0 aliphatic rings. The minimum Gasteiger partial charge on any atom is -0.497 e. The number of aliphatic hydroxyl groups is 2. The molecule has 27 heavy (non-hydrogen) atoms. The van der Waals surface area contributed by atoms with Gasteiger partial charge in [-0.15, -0.1) is 11.6 Å². The maximum Gasteiger partial charge on any atom is 0.118 e. The van der Waals surface area contributed by atoms with Gasteiger partial charge in [0.2, 0.25) is 0 Å². The van der Waals surface area contributed by atoms with Crippen molar-refractivity contribution in [3.63, 3.8) is 0 Å². The zero-order valence-corrected chi connectivity index (χ0v) is 16.8. The summed E-state index contributed by atoms with van der Waals surface area (Å²) in [6.07, 6.45) is 0. The van der Waals surface area contributed by atoms with E-state index in [1.807, 2.05) is 48.5 Å². The molecule has 0 spiro atoms. The number of aliphatic hydroxyl groups excluding tert-OH is 2. The van der Waals surface area contributed by atoms with Crippen molar-refractivity contribution in [3.05, 3.63) is 59.7 Å². The smallest absolute Gasteiger partial charge is 0.118 e. The van der Waals surface area contributed by atoms with Crippen molar-refractivity contribution in [2.24, 2.45) is 5.73 Å². The lowest BCUT2D eigenvalue weighted by Crippen LogP contribution is -2.17. The summed E-state index contributed by atoms with van der Waals surface area (Å²) < 4.78 is 10.0. The molecule has 0 saturated carbocycles. The van der Waals surface area contributed by atoms with E-state index in [-0.39, 0.29) is 13.2 Å². The first-order valence-electron chi connectivity index (χ1n) is 8.59. The van der Waals surface area contributed by atoms with E-state index in [0.29, 0.717) is 19.0 Å². The Morgan fingerprint density at radius 1 is 0.852 bits per heavy atom. The molecule has 0 fully saturated rings. The van der Waals surface area contributed by atoms with Gasteiger partial charge in [-0.05, 0) is 35.4 Å². The highest BCUT2D eigenvalue weighted by atomic mass is 35.5. The second-order valence-electron chi connectivity index (χ2n) is 5.24. The molecule has 2 rings (SSSR count). The Morgan fingerprint density at radius 3 is 1.63 bits per heavy atom. The average molecular weight is 399 g/mol. The standard InChI is InChI=1S/C10H15NO2.C8H9ClO.C2H7NO/c1-13-10-4-2-9(3-5-10)8-11-6-7-12;1-10-8-4-2-7(6-9)3-5-8;3-1-2-4/h2-5,11-12H,6-8H2,1H3;2-5H,6H2,1H3;4H,1-3H2. The van der Waals surface area contributed by atoms with Crippen LogP contribution in [0.4, 0.5) is 0 Å². The number of methoxy groups -OCH3 is 2. The van der Waals surface area contributed by atoms with Crippen LogP contribution in [0.25, 0.3) is 0 Å². The van der Waals surface area contributed by atoms with E-state index in [2.05, 4.69) is 5.32 Å². The number of halogens is 1. The number of ether oxygens (including phenoxy) is 2. The van der Waals surface area contributed by atoms with Gasteiger partial charge < -0.3 is 30.7 Å². The molecule has 5 N–H and O–H groups in total. The minimum absolute atomic E-state index is 0.0972. The molecule has 0 saturated heterocycles. The Morgan fingerprint density at radius 2 is 1.30 bits per heavy atom. The Kier molecular flexibility index (Phi) is 16.4. The lowest BCUT2D eigenvalue weighted by Gasteiger charge is -2.04. The van der Waals surface area contributed by atoms with E-state index < -0.39 is 0 Å². The van der Waals surface area contributed by atoms with Crippen LogP contribution in [-0.4, -0.2) is 50.7 Å². The normalized spacial score (nSPS) is 9.41. The lowest BCUT2D eigenvalue weighted by atomic mass is 10.2. The van der Waals surface area contributed by atoms with Crippen molar-refractivity contribution in [1.82, 2.24) is 5.32 Å². The average Bonchev–Trinajstić information content (AvgIpc) is 2.75. The summed E-state index contributed by atoms with van der Waals surface area (Å²) in [4.78, 5) is 0. The molecule has 0 bridgehead atoms. The topological polar surface area (TPSA) is 97.0 Å². The first-order valence-corrected chi connectivity index (χ1v) is 9.12. The van der Waals surface area contributed by atoms with Gasteiger partial charge in [0.25, 0.3) is 0 Å². The van der Waals surface area contributed by atoms with Gasteiger partial charge in [-0.1, -0.05) is 24.3 Å². The van der Waals surface area contributed by atoms with Crippen molar-refractivity contribution in [1.29, 1.82) is 0 Å². The van der Waals surface area contributed by atoms with E-state index in [1.165, 1.54) is 5.56 Å². The highest BCUT2D eigenvalue weighted by molar-refractivity contribution is 6.17. The van der Waals surface area contributed by atoms with Crippen molar-refractivity contribution in [3.8, 4) is 11.5 Å². The van der Waals surface area contributed by atoms with Gasteiger partial charge in [-0.25, -0.2) is 0 Å². The molecule has 0 heterocycles. The fourth-order valence-electron chi connectivity index (χ4n) is 1.77. The molecule has 152 valence electrons. The van der Waals surface area contributed by atoms with Crippen LogP contribution in [-0.2, 0) is 12.4 Å². The molecule has 2 aromatic rings. The molecular weight excluding hydrogens is 368 g/mol. The minimum atomic E-state index is 0.0972. The number of rotatable bonds is 8. The summed E-state index contributed by atoms with van der Waals surface area (Å²) in [5, 5.41) is 19.4. The Hall–Kier alpha value is -1.83. The van der Waals surface area contributed by atoms with E-state index in [1.54, 1.807) is 14.2 Å². The summed E-state index contributed by atoms with van der Waals surface area (Å²) in [5.74, 6) is 2.30. The second kappa shape index (κ2) is 17.6. The molecule has 0 radical (unpaired) electrons. The number of nitrogens with one attached hydrogen (secondary N) is 1. The van der Waals surface area contributed by atoms with Gasteiger partial charge >= 0.3 is 0 Å². The summed E-state index contributed by atoms with van der Waals surface area (Å²) in [6, 6.07) is 15.6. The molecule has 0 amide bonds. The van der Waals surface area contributed by atoms with Crippen molar-refractivity contribution in [2.45, 2.75) is 12.4 Å². The first kappa shape index (κ1) is 25.2. The summed E-state index contributed by atoms with van der Waals surface area (Å²) >= 11 is 5.58. The van der Waals surface area contributed by atoms with Crippen molar-refractivity contribution < 1.29 is 19.7 Å². The molecule has 6 nitrogen and oxygen atoms in total. The predicted molar refractivity (Wildman–Crippen MR) is 110 cm³/mol. The highest BCUT2D eigenvalue weighted by Crippen LogP contribution is 2.12. The Balaban J connectivity index is 0.000000428. The molecule has 0 atom stereocenters. The number of hydrogen-bond donors (Lipinski definition) is 4. The third-order valence-corrected chi connectivity index (χ3v) is 3.53. The van der Waals surface area contributed by atoms with Crippen LogP contribution in [0.2, 0.25) is 0 Å². The number of alkyl halides is 1. The molecular formula is C20H31ClN2O4. The number of hydrogen-bond acceptors (Lipinski definition) is 6. The van der Waals surface area contributed by atoms with Crippen LogP contribution in [0.1, 0.15) is 11.1 Å². The molecule has 0 aliphatic heterocycles. The molecule has 7 heteroatoms. The van der Waals surface area contributed by atoms with Gasteiger partial charge in [-0.2, -0.15) is 0 Å². The van der Waals surface area contributed by atoms with Crippen LogP contribution in [0, 0.1) is 0 Å². The Bertz CT molecular complexity index is 540. The molecule has 0 aromatic heterocycles. The first-order chi connectivity index (χ1) is 13.1. The van der Waals surface area contributed by atoms with E-state index in [0.717, 1.165) is 23.6 Å². The van der Waals surface area contributed by atoms with Gasteiger partial charge in [0, 0.05) is 25.5 Å². The quantitative estimate of drug-likeness (QED) is 0.402. The maximum absolute atomic E-state index is 8.54. The third-order valence-electron chi connectivity index (χ3n) is 3.22. The number of nitrogens with two attached hydrogens (primary N) is 1. The maximum atomic E-state index is 8.54. The van der Waals surface area contributed by atoms with E-state index >= 15 is 0 Å². The van der Waals surface area contributed by atoms with Gasteiger partial charge in [-0.3, -0.25) is 0 Å². The van der Waals surface area contributed by atoms with Crippen LogP contribution < -0.4 is 20.5 Å². The predicted octanol–water partition coefficient (Wildman–Crippen LogP) is 2.15. The fraction of sp³-hybridized carbons (Fsp3) is 0.400. The zero-order chi connectivity index (χ0) is 20.3. The SMILES string of the molecule is COc1ccc(CCl)cc1.COc1ccc(CNCCO)cc1.NCCO. The Labute approximate surface area is 166 Å². The largest absolute Gasteiger partial charge is 0.497 e. The summed E-state index contributed by atoms with van der Waals surface area (Å²) in [6.45, 7) is 2.06. The van der Waals surface area contributed by atoms with Crippen LogP contribution in [0.3, 0.4) is 0 Å².